The summed E-state index contributed by atoms with van der Waals surface area (Å²) < 4.78 is 27.4. The fourth-order valence-electron chi connectivity index (χ4n) is 4.39. The van der Waals surface area contributed by atoms with Gasteiger partial charge in [-0.15, -0.1) is 11.3 Å². The monoisotopic (exact) mass is 463 g/mol. The zero-order valence-electron chi connectivity index (χ0n) is 17.3. The number of fused-ring (bicyclic) bond motifs is 3. The number of benzene rings is 2. The molecule has 1 saturated heterocycles. The summed E-state index contributed by atoms with van der Waals surface area (Å²) in [5, 5.41) is 9.27. The molecule has 0 atom stereocenters. The highest BCUT2D eigenvalue weighted by atomic mass is 32.2. The third-order valence-electron chi connectivity index (χ3n) is 6.10. The zero-order chi connectivity index (χ0) is 22.3. The summed E-state index contributed by atoms with van der Waals surface area (Å²) in [5.74, 6) is -0.0450. The van der Waals surface area contributed by atoms with Gasteiger partial charge in [-0.05, 0) is 47.7 Å². The summed E-state index contributed by atoms with van der Waals surface area (Å²) in [4.78, 5) is 16.8. The summed E-state index contributed by atoms with van der Waals surface area (Å²) >= 11 is 1.53. The van der Waals surface area contributed by atoms with Crippen molar-refractivity contribution in [1.82, 2.24) is 9.21 Å². The van der Waals surface area contributed by atoms with Crippen LogP contribution in [0.25, 0.3) is 10.4 Å². The number of aryl methyl sites for hydroxylation is 2. The van der Waals surface area contributed by atoms with E-state index in [-0.39, 0.29) is 29.5 Å². The molecular weight excluding hydrogens is 442 g/mol. The Bertz CT molecular complexity index is 1350. The lowest BCUT2D eigenvalue weighted by Gasteiger charge is -2.33. The Morgan fingerprint density at radius 2 is 1.62 bits per heavy atom. The minimum atomic E-state index is -3.78. The lowest BCUT2D eigenvalue weighted by Crippen LogP contribution is -2.50. The van der Waals surface area contributed by atoms with Gasteiger partial charge in [-0.25, -0.2) is 8.42 Å². The van der Waals surface area contributed by atoms with Crippen molar-refractivity contribution in [3.8, 4) is 16.5 Å². The molecule has 6 nitrogen and oxygen atoms in total. The van der Waals surface area contributed by atoms with Gasteiger partial charge in [-0.3, -0.25) is 4.79 Å². The van der Waals surface area contributed by atoms with Crippen LogP contribution < -0.4 is 0 Å². The van der Waals surface area contributed by atoms with Crippen molar-refractivity contribution in [2.24, 2.45) is 0 Å². The second-order valence-electron chi connectivity index (χ2n) is 7.93. The average Bonchev–Trinajstić information content (AvgIpc) is 3.28. The van der Waals surface area contributed by atoms with Crippen LogP contribution in [0.4, 0.5) is 0 Å². The Labute approximate surface area is 191 Å². The fourth-order valence-corrected chi connectivity index (χ4v) is 7.19. The smallest absolute Gasteiger partial charge is 0.264 e. The first kappa shape index (κ1) is 20.9. The molecule has 5 rings (SSSR count). The lowest BCUT2D eigenvalue weighted by molar-refractivity contribution is 0.0702. The second-order valence-corrected chi connectivity index (χ2v) is 10.9. The maximum absolute atomic E-state index is 13.2. The minimum Gasteiger partial charge on any atom is -0.335 e. The van der Waals surface area contributed by atoms with Gasteiger partial charge in [0.2, 0.25) is 10.0 Å². The standard InChI is InChI=1S/C24H21N3O3S2/c25-16-19-6-2-4-8-22(19)32(29,30)27-13-11-26(12-14-27)24(28)21-15-18-10-9-17-5-1-3-7-20(17)23(18)31-21/h1-8,15H,9-14H2. The van der Waals surface area contributed by atoms with Crippen LogP contribution >= 0.6 is 11.3 Å². The molecule has 1 fully saturated rings. The predicted octanol–water partition coefficient (Wildman–Crippen LogP) is 3.53. The molecule has 0 radical (unpaired) electrons. The van der Waals surface area contributed by atoms with E-state index in [0.29, 0.717) is 18.0 Å². The van der Waals surface area contributed by atoms with Gasteiger partial charge >= 0.3 is 0 Å². The van der Waals surface area contributed by atoms with Crippen molar-refractivity contribution in [1.29, 1.82) is 5.26 Å². The number of nitrogens with zero attached hydrogens (tertiary/aromatic N) is 3. The Kier molecular flexibility index (Phi) is 5.33. The lowest BCUT2D eigenvalue weighted by atomic mass is 9.91. The molecule has 3 aromatic rings. The van der Waals surface area contributed by atoms with E-state index in [1.807, 2.05) is 24.3 Å². The van der Waals surface area contributed by atoms with Crippen molar-refractivity contribution in [2.75, 3.05) is 26.2 Å². The first-order valence-corrected chi connectivity index (χ1v) is 12.7. The van der Waals surface area contributed by atoms with Crippen LogP contribution in [0.1, 0.15) is 26.4 Å². The van der Waals surface area contributed by atoms with Crippen molar-refractivity contribution < 1.29 is 13.2 Å². The Morgan fingerprint density at radius 1 is 0.938 bits per heavy atom. The highest BCUT2D eigenvalue weighted by molar-refractivity contribution is 7.89. The molecule has 162 valence electrons. The van der Waals surface area contributed by atoms with Crippen LogP contribution in [0.3, 0.4) is 0 Å². The topological polar surface area (TPSA) is 81.5 Å². The van der Waals surface area contributed by atoms with Gasteiger partial charge in [0.05, 0.1) is 15.3 Å². The van der Waals surface area contributed by atoms with Gasteiger partial charge in [0.1, 0.15) is 6.07 Å². The Morgan fingerprint density at radius 3 is 2.41 bits per heavy atom. The Balaban J connectivity index is 1.32. The predicted molar refractivity (Wildman–Crippen MR) is 123 cm³/mol. The first-order valence-electron chi connectivity index (χ1n) is 10.5. The maximum atomic E-state index is 13.2. The molecule has 2 heterocycles. The summed E-state index contributed by atoms with van der Waals surface area (Å²) in [6.45, 7) is 1.07. The van der Waals surface area contributed by atoms with Gasteiger partial charge in [0, 0.05) is 31.1 Å². The molecule has 0 bridgehead atoms. The van der Waals surface area contributed by atoms with Crippen LogP contribution in [0, 0.1) is 11.3 Å². The molecular formula is C24H21N3O3S2. The number of amides is 1. The fraction of sp³-hybridized carbons (Fsp3) is 0.250. The molecule has 0 saturated carbocycles. The molecule has 1 aliphatic carbocycles. The number of carbonyl (C=O) groups excluding carboxylic acids is 1. The number of sulfonamides is 1. The third-order valence-corrected chi connectivity index (χ3v) is 9.25. The number of hydrogen-bond donors (Lipinski definition) is 0. The Hall–Kier alpha value is -2.99. The average molecular weight is 464 g/mol. The van der Waals surface area contributed by atoms with Gasteiger partial charge < -0.3 is 4.90 Å². The molecule has 8 heteroatoms. The van der Waals surface area contributed by atoms with Crippen molar-refractivity contribution >= 4 is 27.3 Å². The summed E-state index contributed by atoms with van der Waals surface area (Å²) in [7, 11) is -3.78. The molecule has 32 heavy (non-hydrogen) atoms. The quantitative estimate of drug-likeness (QED) is 0.595. The summed E-state index contributed by atoms with van der Waals surface area (Å²) in [6, 6.07) is 18.5. The van der Waals surface area contributed by atoms with Gasteiger partial charge in [0.25, 0.3) is 5.91 Å². The summed E-state index contributed by atoms with van der Waals surface area (Å²) in [5.41, 5.74) is 3.88. The number of carbonyl (C=O) groups is 1. The van der Waals surface area contributed by atoms with Gasteiger partial charge in [-0.2, -0.15) is 9.57 Å². The van der Waals surface area contributed by atoms with Crippen molar-refractivity contribution in [2.45, 2.75) is 17.7 Å². The van der Waals surface area contributed by atoms with E-state index >= 15 is 0 Å². The van der Waals surface area contributed by atoms with Crippen molar-refractivity contribution in [3.05, 3.63) is 76.2 Å². The van der Waals surface area contributed by atoms with Gasteiger partial charge in [0.15, 0.2) is 0 Å². The summed E-state index contributed by atoms with van der Waals surface area (Å²) in [6.07, 6.45) is 1.91. The van der Waals surface area contributed by atoms with E-state index in [1.165, 1.54) is 49.3 Å². The van der Waals surface area contributed by atoms with E-state index in [1.54, 1.807) is 17.0 Å². The molecule has 0 N–H and O–H groups in total. The number of rotatable bonds is 3. The van der Waals surface area contributed by atoms with Crippen LogP contribution in [0.5, 0.6) is 0 Å². The number of hydrogen-bond acceptors (Lipinski definition) is 5. The number of thiophene rings is 1. The molecule has 0 spiro atoms. The van der Waals surface area contributed by atoms with E-state index in [4.69, 9.17) is 0 Å². The SMILES string of the molecule is N#Cc1ccccc1S(=O)(=O)N1CCN(C(=O)c2cc3c(s2)-c2ccccc2CC3)CC1. The molecule has 1 aromatic heterocycles. The molecule has 1 amide bonds. The first-order chi connectivity index (χ1) is 15.5. The van der Waals surface area contributed by atoms with E-state index in [9.17, 15) is 18.5 Å². The molecule has 1 aliphatic heterocycles. The molecule has 0 unspecified atom stereocenters. The minimum absolute atomic E-state index is 0.0203. The van der Waals surface area contributed by atoms with Crippen molar-refractivity contribution in [3.63, 3.8) is 0 Å². The normalized spacial score (nSPS) is 16.2. The largest absolute Gasteiger partial charge is 0.335 e. The maximum Gasteiger partial charge on any atom is 0.264 e. The highest BCUT2D eigenvalue weighted by Gasteiger charge is 2.32. The van der Waals surface area contributed by atoms with Crippen LogP contribution in [-0.2, 0) is 22.9 Å². The zero-order valence-corrected chi connectivity index (χ0v) is 19.0. The number of piperazine rings is 1. The van der Waals surface area contributed by atoms with Crippen LogP contribution in [-0.4, -0.2) is 49.7 Å². The molecule has 2 aromatic carbocycles. The highest BCUT2D eigenvalue weighted by Crippen LogP contribution is 2.40. The van der Waals surface area contributed by atoms with Crippen LogP contribution in [0.15, 0.2) is 59.5 Å². The third kappa shape index (κ3) is 3.52. The molecule has 2 aliphatic rings. The second kappa shape index (κ2) is 8.17. The number of nitriles is 1. The van der Waals surface area contributed by atoms with E-state index in [0.717, 1.165) is 12.8 Å². The van der Waals surface area contributed by atoms with E-state index in [2.05, 4.69) is 12.1 Å². The van der Waals surface area contributed by atoms with Gasteiger partial charge in [-0.1, -0.05) is 36.4 Å². The van der Waals surface area contributed by atoms with Crippen LogP contribution in [0.2, 0.25) is 0 Å². The van der Waals surface area contributed by atoms with E-state index < -0.39 is 10.0 Å².